The Hall–Kier alpha value is -4.45. The lowest BCUT2D eigenvalue weighted by Crippen LogP contribution is -2.40. The molecule has 0 aromatic heterocycles. The molecule has 8 nitrogen and oxygen atoms in total. The van der Waals surface area contributed by atoms with Gasteiger partial charge in [0.2, 0.25) is 0 Å². The Morgan fingerprint density at radius 3 is 2.53 bits per heavy atom. The first-order chi connectivity index (χ1) is 18.3. The summed E-state index contributed by atoms with van der Waals surface area (Å²) in [6.45, 7) is 1.59. The third-order valence-corrected chi connectivity index (χ3v) is 6.72. The Bertz CT molecular complexity index is 1370. The average Bonchev–Trinajstić information content (AvgIpc) is 3.85. The smallest absolute Gasteiger partial charge is 0.310 e. The van der Waals surface area contributed by atoms with Crippen molar-refractivity contribution in [2.75, 3.05) is 6.54 Å². The molecule has 3 amide bonds. The number of allylic oxidation sites excluding steroid dienone is 1. The number of amides is 3. The van der Waals surface area contributed by atoms with Gasteiger partial charge < -0.3 is 21.7 Å². The molecule has 0 heterocycles. The molecule has 2 fully saturated rings. The Labute approximate surface area is 221 Å². The van der Waals surface area contributed by atoms with Crippen LogP contribution in [0.15, 0.2) is 47.6 Å². The van der Waals surface area contributed by atoms with Crippen LogP contribution in [0.1, 0.15) is 58.3 Å². The minimum atomic E-state index is -0.856. The van der Waals surface area contributed by atoms with Crippen LogP contribution in [0.3, 0.4) is 0 Å². The highest BCUT2D eigenvalue weighted by atomic mass is 19.1. The van der Waals surface area contributed by atoms with Crippen molar-refractivity contribution in [1.82, 2.24) is 16.0 Å². The van der Waals surface area contributed by atoms with Crippen LogP contribution in [0.25, 0.3) is 5.57 Å². The summed E-state index contributed by atoms with van der Waals surface area (Å²) in [6, 6.07) is 10.4. The van der Waals surface area contributed by atoms with Crippen LogP contribution < -0.4 is 21.7 Å². The number of nitrogens with two attached hydrogens (primary N) is 1. The second-order valence-corrected chi connectivity index (χ2v) is 9.52. The summed E-state index contributed by atoms with van der Waals surface area (Å²) in [5.41, 5.74) is 8.39. The van der Waals surface area contributed by atoms with E-state index in [2.05, 4.69) is 26.9 Å². The Kier molecular flexibility index (Phi) is 7.91. The molecule has 2 aromatic carbocycles. The first kappa shape index (κ1) is 26.6. The predicted molar refractivity (Wildman–Crippen MR) is 143 cm³/mol. The van der Waals surface area contributed by atoms with Gasteiger partial charge >= 0.3 is 11.8 Å². The van der Waals surface area contributed by atoms with E-state index in [9.17, 15) is 14.4 Å². The number of carbonyl (C=O) groups excluding carboxylic acids is 3. The van der Waals surface area contributed by atoms with Gasteiger partial charge in [-0.2, -0.15) is 0 Å². The van der Waals surface area contributed by atoms with Crippen molar-refractivity contribution in [2.45, 2.75) is 50.7 Å². The van der Waals surface area contributed by atoms with E-state index in [-0.39, 0.29) is 24.8 Å². The van der Waals surface area contributed by atoms with Crippen molar-refractivity contribution in [3.63, 3.8) is 0 Å². The van der Waals surface area contributed by atoms with E-state index < -0.39 is 17.4 Å². The van der Waals surface area contributed by atoms with Crippen LogP contribution in [-0.2, 0) is 21.7 Å². The molecule has 0 atom stereocenters. The summed E-state index contributed by atoms with van der Waals surface area (Å²) in [5.74, 6) is -0.240. The molecule has 2 aliphatic carbocycles. The van der Waals surface area contributed by atoms with Gasteiger partial charge in [-0.05, 0) is 73.1 Å². The van der Waals surface area contributed by atoms with Gasteiger partial charge in [-0.25, -0.2) is 4.39 Å². The maximum atomic E-state index is 15.0. The topological polar surface area (TPSA) is 126 Å². The van der Waals surface area contributed by atoms with Gasteiger partial charge in [-0.1, -0.05) is 24.1 Å². The standard InChI is InChI=1S/C29H30FN5O3/c1-3-12-32-27(37)28(38)34-16-19-6-4-5-7-23(19)26(36)35-29(10-11-29)21-13-24(18(2)25(30)14-21)20(15-31)17-33-22-8-9-22/h1,4-7,13-15,17,22H,8-12,16,31H2,2H3,(H,32,37)(H,34,38)(H,35,36)/b20-15+,33-17?. The number of nitrogens with zero attached hydrogens (tertiary/aromatic N) is 1. The molecule has 2 saturated carbocycles. The monoisotopic (exact) mass is 515 g/mol. The van der Waals surface area contributed by atoms with E-state index in [1.807, 2.05) is 6.07 Å². The Balaban J connectivity index is 1.52. The second-order valence-electron chi connectivity index (χ2n) is 9.52. The summed E-state index contributed by atoms with van der Waals surface area (Å²) < 4.78 is 15.0. The van der Waals surface area contributed by atoms with Crippen LogP contribution in [0.4, 0.5) is 4.39 Å². The predicted octanol–water partition coefficient (Wildman–Crippen LogP) is 2.45. The number of hydrogen-bond acceptors (Lipinski definition) is 5. The van der Waals surface area contributed by atoms with Crippen molar-refractivity contribution >= 4 is 29.5 Å². The first-order valence-corrected chi connectivity index (χ1v) is 12.4. The molecule has 2 aromatic rings. The minimum Gasteiger partial charge on any atom is -0.404 e. The number of benzene rings is 2. The molecule has 0 saturated heterocycles. The quantitative estimate of drug-likeness (QED) is 0.233. The fourth-order valence-electron chi connectivity index (χ4n) is 4.13. The third-order valence-electron chi connectivity index (χ3n) is 6.72. The SMILES string of the molecule is C#CCNC(=O)C(=O)NCc1ccccc1C(=O)NC1(c2cc(F)c(C)c(/C(C=NC3CC3)=C/N)c2)CC1. The van der Waals surface area contributed by atoms with Crippen molar-refractivity contribution in [3.05, 3.63) is 76.2 Å². The van der Waals surface area contributed by atoms with Gasteiger partial charge in [0.1, 0.15) is 5.82 Å². The molecule has 0 radical (unpaired) electrons. The second kappa shape index (κ2) is 11.3. The van der Waals surface area contributed by atoms with Gasteiger partial charge in [0.25, 0.3) is 5.91 Å². The molecule has 38 heavy (non-hydrogen) atoms. The maximum absolute atomic E-state index is 15.0. The number of aliphatic imine (C=N–C) groups is 1. The van der Waals surface area contributed by atoms with E-state index in [1.54, 1.807) is 37.4 Å². The fraction of sp³-hybridized carbons (Fsp3) is 0.310. The zero-order valence-corrected chi connectivity index (χ0v) is 21.1. The lowest BCUT2D eigenvalue weighted by molar-refractivity contribution is -0.139. The van der Waals surface area contributed by atoms with Crippen LogP contribution in [0.2, 0.25) is 0 Å². The lowest BCUT2D eigenvalue weighted by Gasteiger charge is -2.21. The van der Waals surface area contributed by atoms with E-state index >= 15 is 4.39 Å². The molecular formula is C29H30FN5O3. The molecule has 0 bridgehead atoms. The van der Waals surface area contributed by atoms with Crippen molar-refractivity contribution in [1.29, 1.82) is 0 Å². The van der Waals surface area contributed by atoms with Crippen LogP contribution >= 0.6 is 0 Å². The number of carbonyl (C=O) groups is 3. The third kappa shape index (κ3) is 6.09. The fourth-order valence-corrected chi connectivity index (χ4v) is 4.13. The number of nitrogens with one attached hydrogen (secondary N) is 3. The summed E-state index contributed by atoms with van der Waals surface area (Å²) in [7, 11) is 0. The molecule has 2 aliphatic rings. The highest BCUT2D eigenvalue weighted by molar-refractivity contribution is 6.35. The van der Waals surface area contributed by atoms with E-state index in [0.717, 1.165) is 12.8 Å². The summed E-state index contributed by atoms with van der Waals surface area (Å²) in [5, 5.41) is 7.85. The molecular weight excluding hydrogens is 485 g/mol. The van der Waals surface area contributed by atoms with Gasteiger partial charge in [0.05, 0.1) is 18.1 Å². The summed E-state index contributed by atoms with van der Waals surface area (Å²) in [6.07, 6.45) is 11.6. The van der Waals surface area contributed by atoms with Crippen LogP contribution in [0, 0.1) is 25.1 Å². The molecule has 0 spiro atoms. The number of terminal acetylenes is 1. The highest BCUT2D eigenvalue weighted by Crippen LogP contribution is 2.47. The van der Waals surface area contributed by atoms with Crippen molar-refractivity contribution in [3.8, 4) is 12.3 Å². The molecule has 5 N–H and O–H groups in total. The van der Waals surface area contributed by atoms with Crippen molar-refractivity contribution in [2.24, 2.45) is 10.7 Å². The Morgan fingerprint density at radius 2 is 1.87 bits per heavy atom. The number of halogens is 1. The first-order valence-electron chi connectivity index (χ1n) is 12.4. The zero-order valence-electron chi connectivity index (χ0n) is 21.1. The van der Waals surface area contributed by atoms with Crippen molar-refractivity contribution < 1.29 is 18.8 Å². The maximum Gasteiger partial charge on any atom is 0.310 e. The molecule has 0 aliphatic heterocycles. The van der Waals surface area contributed by atoms with Crippen LogP contribution in [0.5, 0.6) is 0 Å². The minimum absolute atomic E-state index is 0.0345. The largest absolute Gasteiger partial charge is 0.404 e. The molecule has 0 unspecified atom stereocenters. The molecule has 196 valence electrons. The summed E-state index contributed by atoms with van der Waals surface area (Å²) >= 11 is 0. The van der Waals surface area contributed by atoms with Gasteiger partial charge in [-0.15, -0.1) is 6.42 Å². The van der Waals surface area contributed by atoms with E-state index in [0.29, 0.717) is 52.3 Å². The number of rotatable bonds is 9. The lowest BCUT2D eigenvalue weighted by atomic mass is 9.94. The molecule has 4 rings (SSSR count). The van der Waals surface area contributed by atoms with E-state index in [4.69, 9.17) is 12.2 Å². The normalized spacial score (nSPS) is 16.0. The zero-order chi connectivity index (χ0) is 27.3. The van der Waals surface area contributed by atoms with Gasteiger partial charge in [0.15, 0.2) is 0 Å². The van der Waals surface area contributed by atoms with Gasteiger partial charge in [-0.3, -0.25) is 19.4 Å². The number of hydrogen-bond donors (Lipinski definition) is 4. The average molecular weight is 516 g/mol. The molecule has 9 heteroatoms. The highest BCUT2D eigenvalue weighted by Gasteiger charge is 2.46. The Morgan fingerprint density at radius 1 is 1.16 bits per heavy atom. The van der Waals surface area contributed by atoms with E-state index in [1.165, 1.54) is 12.3 Å². The summed E-state index contributed by atoms with van der Waals surface area (Å²) in [4.78, 5) is 41.6. The van der Waals surface area contributed by atoms with Crippen LogP contribution in [-0.4, -0.2) is 36.5 Å². The van der Waals surface area contributed by atoms with Gasteiger partial charge in [0, 0.05) is 30.1 Å².